The molecule has 1 aromatic carbocycles. The van der Waals surface area contributed by atoms with Crippen LogP contribution >= 0.6 is 11.3 Å². The van der Waals surface area contributed by atoms with E-state index < -0.39 is 5.97 Å². The summed E-state index contributed by atoms with van der Waals surface area (Å²) in [6.45, 7) is 3.57. The van der Waals surface area contributed by atoms with Gasteiger partial charge in [-0.1, -0.05) is 23.5 Å². The highest BCUT2D eigenvalue weighted by Gasteiger charge is 2.27. The number of thiazole rings is 1. The van der Waals surface area contributed by atoms with Crippen LogP contribution < -0.4 is 4.90 Å². The summed E-state index contributed by atoms with van der Waals surface area (Å²) < 4.78 is 1.20. The smallest absolute Gasteiger partial charge is 0.308 e. The monoisotopic (exact) mass is 276 g/mol. The molecule has 0 radical (unpaired) electrons. The number of carboxylic acids is 1. The van der Waals surface area contributed by atoms with Crippen molar-refractivity contribution in [1.82, 2.24) is 4.98 Å². The molecular formula is C14H16N2O2S. The van der Waals surface area contributed by atoms with Gasteiger partial charge >= 0.3 is 5.97 Å². The normalized spacial score (nSPS) is 19.8. The predicted octanol–water partition coefficient (Wildman–Crippen LogP) is 2.91. The quantitative estimate of drug-likeness (QED) is 0.916. The third kappa shape index (κ3) is 2.30. The Morgan fingerprint density at radius 1 is 1.53 bits per heavy atom. The average molecular weight is 276 g/mol. The number of anilines is 1. The molecule has 1 aliphatic rings. The minimum absolute atomic E-state index is 0.262. The molecule has 3 rings (SSSR count). The highest BCUT2D eigenvalue weighted by atomic mass is 32.1. The lowest BCUT2D eigenvalue weighted by Crippen LogP contribution is -2.38. The Morgan fingerprint density at radius 3 is 3.11 bits per heavy atom. The highest BCUT2D eigenvalue weighted by Crippen LogP contribution is 2.33. The molecule has 1 unspecified atom stereocenters. The number of hydrogen-bond donors (Lipinski definition) is 1. The number of fused-ring (bicyclic) bond motifs is 1. The minimum Gasteiger partial charge on any atom is -0.481 e. The van der Waals surface area contributed by atoms with Crippen LogP contribution in [-0.2, 0) is 4.79 Å². The summed E-state index contributed by atoms with van der Waals surface area (Å²) in [7, 11) is 0. The van der Waals surface area contributed by atoms with Gasteiger partial charge in [0.05, 0.1) is 16.1 Å². The van der Waals surface area contributed by atoms with Gasteiger partial charge in [-0.25, -0.2) is 4.98 Å². The molecule has 4 nitrogen and oxygen atoms in total. The topological polar surface area (TPSA) is 53.4 Å². The molecule has 100 valence electrons. The van der Waals surface area contributed by atoms with Crippen molar-refractivity contribution in [2.45, 2.75) is 19.8 Å². The zero-order valence-electron chi connectivity index (χ0n) is 10.8. The molecule has 5 heteroatoms. The van der Waals surface area contributed by atoms with E-state index >= 15 is 0 Å². The number of hydrogen-bond acceptors (Lipinski definition) is 4. The van der Waals surface area contributed by atoms with Gasteiger partial charge in [-0.3, -0.25) is 4.79 Å². The van der Waals surface area contributed by atoms with Crippen molar-refractivity contribution < 1.29 is 9.90 Å². The van der Waals surface area contributed by atoms with E-state index in [0.29, 0.717) is 6.54 Å². The molecule has 19 heavy (non-hydrogen) atoms. The van der Waals surface area contributed by atoms with Gasteiger partial charge in [0.2, 0.25) is 0 Å². The summed E-state index contributed by atoms with van der Waals surface area (Å²) in [5, 5.41) is 10.1. The van der Waals surface area contributed by atoms with E-state index in [2.05, 4.69) is 22.9 Å². The van der Waals surface area contributed by atoms with Crippen molar-refractivity contribution in [3.63, 3.8) is 0 Å². The fourth-order valence-corrected chi connectivity index (χ4v) is 3.63. The second-order valence-corrected chi connectivity index (χ2v) is 6.02. The number of rotatable bonds is 2. The van der Waals surface area contributed by atoms with E-state index in [9.17, 15) is 4.79 Å². The average Bonchev–Trinajstić information content (AvgIpc) is 2.84. The standard InChI is InChI=1S/C14H16N2O2S/c1-9-4-2-6-11-12(9)19-14(15-11)16-7-3-5-10(8-16)13(17)18/h2,4,6,10H,3,5,7-8H2,1H3,(H,17,18). The van der Waals surface area contributed by atoms with Crippen LogP contribution in [0.5, 0.6) is 0 Å². The number of carbonyl (C=O) groups is 1. The second-order valence-electron chi connectivity index (χ2n) is 5.04. The van der Waals surface area contributed by atoms with Crippen LogP contribution in [0.1, 0.15) is 18.4 Å². The Balaban J connectivity index is 1.91. The van der Waals surface area contributed by atoms with Crippen molar-refractivity contribution in [2.24, 2.45) is 5.92 Å². The van der Waals surface area contributed by atoms with Crippen LogP contribution in [0.4, 0.5) is 5.13 Å². The molecule has 2 aromatic rings. The molecule has 0 aliphatic carbocycles. The van der Waals surface area contributed by atoms with Crippen LogP contribution in [0, 0.1) is 12.8 Å². The maximum Gasteiger partial charge on any atom is 0.308 e. The van der Waals surface area contributed by atoms with Gasteiger partial charge in [-0.05, 0) is 31.4 Å². The lowest BCUT2D eigenvalue weighted by molar-refractivity contribution is -0.141. The molecule has 1 aromatic heterocycles. The lowest BCUT2D eigenvalue weighted by atomic mass is 9.99. The summed E-state index contributed by atoms with van der Waals surface area (Å²) in [4.78, 5) is 17.9. The number of carboxylic acid groups (broad SMARTS) is 1. The molecule has 1 fully saturated rings. The Morgan fingerprint density at radius 2 is 2.37 bits per heavy atom. The first-order valence-corrected chi connectivity index (χ1v) is 7.30. The van der Waals surface area contributed by atoms with Gasteiger partial charge in [-0.2, -0.15) is 0 Å². The van der Waals surface area contributed by atoms with E-state index in [-0.39, 0.29) is 5.92 Å². The molecule has 1 saturated heterocycles. The van der Waals surface area contributed by atoms with E-state index in [0.717, 1.165) is 30.0 Å². The Bertz CT molecular complexity index is 623. The number of benzene rings is 1. The van der Waals surface area contributed by atoms with Gasteiger partial charge in [0.1, 0.15) is 0 Å². The summed E-state index contributed by atoms with van der Waals surface area (Å²) in [6, 6.07) is 6.11. The number of aliphatic carboxylic acids is 1. The molecule has 0 bridgehead atoms. The van der Waals surface area contributed by atoms with E-state index in [4.69, 9.17) is 5.11 Å². The highest BCUT2D eigenvalue weighted by molar-refractivity contribution is 7.22. The van der Waals surface area contributed by atoms with Crippen LogP contribution in [0.3, 0.4) is 0 Å². The fraction of sp³-hybridized carbons (Fsp3) is 0.429. The zero-order valence-corrected chi connectivity index (χ0v) is 11.6. The van der Waals surface area contributed by atoms with Gasteiger partial charge < -0.3 is 10.0 Å². The van der Waals surface area contributed by atoms with E-state index in [1.807, 2.05) is 12.1 Å². The van der Waals surface area contributed by atoms with E-state index in [1.165, 1.54) is 10.3 Å². The molecule has 2 heterocycles. The first-order chi connectivity index (χ1) is 9.15. The zero-order chi connectivity index (χ0) is 13.4. The first kappa shape index (κ1) is 12.4. The molecule has 0 saturated carbocycles. The van der Waals surface area contributed by atoms with E-state index in [1.54, 1.807) is 11.3 Å². The predicted molar refractivity (Wildman–Crippen MR) is 76.9 cm³/mol. The van der Waals surface area contributed by atoms with Gasteiger partial charge in [0, 0.05) is 13.1 Å². The fourth-order valence-electron chi connectivity index (χ4n) is 2.56. The van der Waals surface area contributed by atoms with Crippen LogP contribution in [0.2, 0.25) is 0 Å². The molecule has 1 atom stereocenters. The third-order valence-corrected chi connectivity index (χ3v) is 4.91. The number of nitrogens with zero attached hydrogens (tertiary/aromatic N) is 2. The molecule has 0 amide bonds. The van der Waals surface area contributed by atoms with Crippen molar-refractivity contribution >= 4 is 32.7 Å². The maximum absolute atomic E-state index is 11.1. The summed E-state index contributed by atoms with van der Waals surface area (Å²) in [5.41, 5.74) is 2.24. The Kier molecular flexibility index (Phi) is 3.14. The third-order valence-electron chi connectivity index (χ3n) is 3.64. The molecule has 1 N–H and O–H groups in total. The van der Waals surface area contributed by atoms with Crippen molar-refractivity contribution in [1.29, 1.82) is 0 Å². The van der Waals surface area contributed by atoms with Crippen molar-refractivity contribution in [3.8, 4) is 0 Å². The van der Waals surface area contributed by atoms with Crippen molar-refractivity contribution in [2.75, 3.05) is 18.0 Å². The SMILES string of the molecule is Cc1cccc2nc(N3CCCC(C(=O)O)C3)sc12. The van der Waals surface area contributed by atoms with Crippen LogP contribution in [0.25, 0.3) is 10.2 Å². The molecular weight excluding hydrogens is 260 g/mol. The largest absolute Gasteiger partial charge is 0.481 e. The second kappa shape index (κ2) is 4.81. The van der Waals surface area contributed by atoms with Crippen molar-refractivity contribution in [3.05, 3.63) is 23.8 Å². The molecule has 1 aliphatic heterocycles. The number of aromatic nitrogens is 1. The summed E-state index contributed by atoms with van der Waals surface area (Å²) in [6.07, 6.45) is 1.70. The number of piperidine rings is 1. The van der Waals surface area contributed by atoms with Crippen LogP contribution in [0.15, 0.2) is 18.2 Å². The van der Waals surface area contributed by atoms with Gasteiger partial charge in [0.25, 0.3) is 0 Å². The summed E-state index contributed by atoms with van der Waals surface area (Å²) >= 11 is 1.67. The van der Waals surface area contributed by atoms with Crippen LogP contribution in [-0.4, -0.2) is 29.1 Å². The lowest BCUT2D eigenvalue weighted by Gasteiger charge is -2.30. The number of aryl methyl sites for hydroxylation is 1. The summed E-state index contributed by atoms with van der Waals surface area (Å²) in [5.74, 6) is -0.955. The Hall–Kier alpha value is -1.62. The van der Waals surface area contributed by atoms with Gasteiger partial charge in [-0.15, -0.1) is 0 Å². The maximum atomic E-state index is 11.1. The Labute approximate surface area is 115 Å². The van der Waals surface area contributed by atoms with Gasteiger partial charge in [0.15, 0.2) is 5.13 Å². The molecule has 0 spiro atoms. The first-order valence-electron chi connectivity index (χ1n) is 6.49. The minimum atomic E-state index is -0.693.